The summed E-state index contributed by atoms with van der Waals surface area (Å²) in [4.78, 5) is 36.1. The summed E-state index contributed by atoms with van der Waals surface area (Å²) in [6, 6.07) is 8.59. The molecule has 23 heavy (non-hydrogen) atoms. The van der Waals surface area contributed by atoms with Gasteiger partial charge in [0.25, 0.3) is 17.4 Å². The number of para-hydroxylation sites is 1. The van der Waals surface area contributed by atoms with E-state index in [1.165, 1.54) is 4.57 Å². The SMILES string of the molecule is CC(C)Cc1ccccc1-n1c(N)c2c(cc1=O)C(=O)NC2=O. The maximum Gasteiger partial charge on any atom is 0.262 e. The van der Waals surface area contributed by atoms with E-state index in [1.807, 2.05) is 18.2 Å². The molecule has 1 aliphatic heterocycles. The summed E-state index contributed by atoms with van der Waals surface area (Å²) in [7, 11) is 0. The molecule has 0 atom stereocenters. The van der Waals surface area contributed by atoms with Crippen LogP contribution in [0.15, 0.2) is 35.1 Å². The average Bonchev–Trinajstić information content (AvgIpc) is 2.75. The van der Waals surface area contributed by atoms with Crippen molar-refractivity contribution in [3.63, 3.8) is 0 Å². The van der Waals surface area contributed by atoms with E-state index in [9.17, 15) is 14.4 Å². The minimum atomic E-state index is -0.587. The molecule has 0 aliphatic carbocycles. The van der Waals surface area contributed by atoms with Crippen molar-refractivity contribution in [2.45, 2.75) is 20.3 Å². The van der Waals surface area contributed by atoms with Gasteiger partial charge in [-0.15, -0.1) is 0 Å². The molecule has 0 spiro atoms. The number of amides is 2. The van der Waals surface area contributed by atoms with E-state index in [1.54, 1.807) is 6.07 Å². The van der Waals surface area contributed by atoms with Gasteiger partial charge < -0.3 is 5.73 Å². The Morgan fingerprint density at radius 3 is 2.52 bits per heavy atom. The van der Waals surface area contributed by atoms with Gasteiger partial charge in [-0.05, 0) is 24.0 Å². The van der Waals surface area contributed by atoms with Gasteiger partial charge in [0.15, 0.2) is 0 Å². The van der Waals surface area contributed by atoms with E-state index in [-0.39, 0.29) is 16.9 Å². The predicted octanol–water partition coefficient (Wildman–Crippen LogP) is 1.50. The highest BCUT2D eigenvalue weighted by atomic mass is 16.2. The number of anilines is 1. The van der Waals surface area contributed by atoms with Crippen molar-refractivity contribution < 1.29 is 9.59 Å². The van der Waals surface area contributed by atoms with Gasteiger partial charge in [0.05, 0.1) is 16.8 Å². The minimum Gasteiger partial charge on any atom is -0.384 e. The van der Waals surface area contributed by atoms with Crippen molar-refractivity contribution in [2.24, 2.45) is 5.92 Å². The lowest BCUT2D eigenvalue weighted by Crippen LogP contribution is -2.25. The third-order valence-electron chi connectivity index (χ3n) is 3.81. The van der Waals surface area contributed by atoms with E-state index >= 15 is 0 Å². The number of carbonyl (C=O) groups excluding carboxylic acids is 2. The number of rotatable bonds is 3. The predicted molar refractivity (Wildman–Crippen MR) is 86.8 cm³/mol. The van der Waals surface area contributed by atoms with Crippen LogP contribution in [-0.4, -0.2) is 16.4 Å². The van der Waals surface area contributed by atoms with Gasteiger partial charge in [-0.25, -0.2) is 0 Å². The first-order valence-corrected chi connectivity index (χ1v) is 7.39. The van der Waals surface area contributed by atoms with Gasteiger partial charge in [-0.1, -0.05) is 32.0 Å². The van der Waals surface area contributed by atoms with Crippen LogP contribution in [0.4, 0.5) is 5.82 Å². The number of aromatic nitrogens is 1. The summed E-state index contributed by atoms with van der Waals surface area (Å²) in [6.07, 6.45) is 0.768. The number of pyridine rings is 1. The largest absolute Gasteiger partial charge is 0.384 e. The molecular weight excluding hydrogens is 294 g/mol. The van der Waals surface area contributed by atoms with E-state index < -0.39 is 17.4 Å². The Bertz CT molecular complexity index is 881. The van der Waals surface area contributed by atoms with Crippen LogP contribution >= 0.6 is 0 Å². The number of fused-ring (bicyclic) bond motifs is 1. The summed E-state index contributed by atoms with van der Waals surface area (Å²) in [5, 5.41) is 2.17. The van der Waals surface area contributed by atoms with Gasteiger partial charge in [-0.2, -0.15) is 0 Å². The van der Waals surface area contributed by atoms with Crippen molar-refractivity contribution in [2.75, 3.05) is 5.73 Å². The van der Waals surface area contributed by atoms with Crippen LogP contribution in [0.5, 0.6) is 0 Å². The Morgan fingerprint density at radius 2 is 1.83 bits per heavy atom. The van der Waals surface area contributed by atoms with E-state index in [0.717, 1.165) is 18.1 Å². The van der Waals surface area contributed by atoms with Crippen molar-refractivity contribution in [3.8, 4) is 5.69 Å². The van der Waals surface area contributed by atoms with Gasteiger partial charge in [0, 0.05) is 6.07 Å². The molecule has 6 nitrogen and oxygen atoms in total. The second kappa shape index (κ2) is 5.39. The zero-order valence-electron chi connectivity index (χ0n) is 12.9. The first kappa shape index (κ1) is 15.0. The van der Waals surface area contributed by atoms with Crippen LogP contribution in [0.1, 0.15) is 40.1 Å². The summed E-state index contributed by atoms with van der Waals surface area (Å²) in [6.45, 7) is 4.16. The maximum absolute atomic E-state index is 12.5. The van der Waals surface area contributed by atoms with Crippen LogP contribution in [-0.2, 0) is 6.42 Å². The van der Waals surface area contributed by atoms with E-state index in [2.05, 4.69) is 19.2 Å². The Balaban J connectivity index is 2.28. The molecule has 0 unspecified atom stereocenters. The van der Waals surface area contributed by atoms with Crippen LogP contribution < -0.4 is 16.6 Å². The Morgan fingerprint density at radius 1 is 1.13 bits per heavy atom. The minimum absolute atomic E-state index is 0.00736. The number of nitrogens with one attached hydrogen (secondary N) is 1. The third kappa shape index (κ3) is 2.42. The number of carbonyl (C=O) groups is 2. The molecule has 1 aliphatic rings. The van der Waals surface area contributed by atoms with Crippen LogP contribution in [0.25, 0.3) is 5.69 Å². The van der Waals surface area contributed by atoms with Crippen molar-refractivity contribution in [1.29, 1.82) is 0 Å². The second-order valence-corrected chi connectivity index (χ2v) is 6.00. The fraction of sp³-hybridized carbons (Fsp3) is 0.235. The molecule has 0 saturated heterocycles. The zero-order chi connectivity index (χ0) is 16.7. The molecule has 3 rings (SSSR count). The highest BCUT2D eigenvalue weighted by Crippen LogP contribution is 2.25. The number of nitrogen functional groups attached to an aromatic ring is 1. The molecule has 0 radical (unpaired) electrons. The average molecular weight is 311 g/mol. The highest BCUT2D eigenvalue weighted by Gasteiger charge is 2.32. The van der Waals surface area contributed by atoms with Gasteiger partial charge in [0.1, 0.15) is 5.82 Å². The molecule has 1 aromatic heterocycles. The van der Waals surface area contributed by atoms with Crippen LogP contribution in [0, 0.1) is 5.92 Å². The fourth-order valence-electron chi connectivity index (χ4n) is 2.87. The summed E-state index contributed by atoms with van der Waals surface area (Å²) < 4.78 is 1.30. The molecule has 0 saturated carbocycles. The van der Waals surface area contributed by atoms with Crippen LogP contribution in [0.3, 0.4) is 0 Å². The molecule has 2 amide bonds. The Labute approximate surface area is 132 Å². The lowest BCUT2D eigenvalue weighted by atomic mass is 10.0. The molecule has 2 heterocycles. The van der Waals surface area contributed by atoms with Crippen molar-refractivity contribution >= 4 is 17.6 Å². The summed E-state index contributed by atoms with van der Waals surface area (Å²) in [5.74, 6) is -0.770. The van der Waals surface area contributed by atoms with Gasteiger partial charge in [0.2, 0.25) is 0 Å². The topological polar surface area (TPSA) is 94.2 Å². The smallest absolute Gasteiger partial charge is 0.262 e. The Kier molecular flexibility index (Phi) is 3.52. The molecule has 6 heteroatoms. The molecule has 1 aromatic carbocycles. The standard InChI is InChI=1S/C17H17N3O3/c1-9(2)7-10-5-3-4-6-12(10)20-13(21)8-11-14(15(20)18)17(23)19-16(11)22/h3-6,8-9H,7,18H2,1-2H3,(H,19,22,23). The zero-order valence-corrected chi connectivity index (χ0v) is 12.9. The number of imide groups is 1. The van der Waals surface area contributed by atoms with Crippen molar-refractivity contribution in [1.82, 2.24) is 9.88 Å². The lowest BCUT2D eigenvalue weighted by molar-refractivity contribution is 0.0880. The van der Waals surface area contributed by atoms with E-state index in [0.29, 0.717) is 11.6 Å². The number of benzene rings is 1. The first-order chi connectivity index (χ1) is 10.9. The fourth-order valence-corrected chi connectivity index (χ4v) is 2.87. The number of nitrogens with zero attached hydrogens (tertiary/aromatic N) is 1. The monoisotopic (exact) mass is 311 g/mol. The number of hydrogen-bond donors (Lipinski definition) is 2. The van der Waals surface area contributed by atoms with Crippen LogP contribution in [0.2, 0.25) is 0 Å². The molecule has 2 aromatic rings. The highest BCUT2D eigenvalue weighted by molar-refractivity contribution is 6.23. The normalized spacial score (nSPS) is 13.3. The quantitative estimate of drug-likeness (QED) is 0.840. The summed E-state index contributed by atoms with van der Waals surface area (Å²) in [5.41, 5.74) is 7.34. The Hall–Kier alpha value is -2.89. The molecule has 118 valence electrons. The van der Waals surface area contributed by atoms with E-state index in [4.69, 9.17) is 5.73 Å². The number of hydrogen-bond acceptors (Lipinski definition) is 4. The van der Waals surface area contributed by atoms with Gasteiger partial charge in [-0.3, -0.25) is 24.3 Å². The molecular formula is C17H17N3O3. The number of nitrogens with two attached hydrogens (primary N) is 1. The third-order valence-corrected chi connectivity index (χ3v) is 3.81. The molecule has 3 N–H and O–H groups in total. The summed E-state index contributed by atoms with van der Waals surface area (Å²) >= 11 is 0. The molecule has 0 bridgehead atoms. The van der Waals surface area contributed by atoms with Crippen molar-refractivity contribution in [3.05, 3.63) is 57.4 Å². The van der Waals surface area contributed by atoms with Gasteiger partial charge >= 0.3 is 0 Å². The lowest BCUT2D eigenvalue weighted by Gasteiger charge is -2.16. The second-order valence-electron chi connectivity index (χ2n) is 6.00. The maximum atomic E-state index is 12.5. The first-order valence-electron chi connectivity index (χ1n) is 7.39. The molecule has 0 fully saturated rings.